The van der Waals surface area contributed by atoms with Gasteiger partial charge < -0.3 is 5.73 Å². The van der Waals surface area contributed by atoms with Crippen LogP contribution in [0.2, 0.25) is 0 Å². The zero-order valence-corrected chi connectivity index (χ0v) is 4.09. The lowest BCUT2D eigenvalue weighted by atomic mass is 10.2. The van der Waals surface area contributed by atoms with Crippen molar-refractivity contribution in [3.63, 3.8) is 0 Å². The summed E-state index contributed by atoms with van der Waals surface area (Å²) in [5, 5.41) is 0. The van der Waals surface area contributed by atoms with Gasteiger partial charge in [-0.05, 0) is 6.42 Å². The minimum atomic E-state index is 0.189. The van der Waals surface area contributed by atoms with Crippen molar-refractivity contribution in [2.75, 3.05) is 13.2 Å². The molecule has 0 aromatic heterocycles. The molecular formula is C4H9NO2. The maximum Gasteiger partial charge on any atom is 0.0974 e. The fourth-order valence-corrected chi connectivity index (χ4v) is 0.477. The average Bonchev–Trinajstić information content (AvgIpc) is 1.69. The van der Waals surface area contributed by atoms with Crippen LogP contribution in [0.4, 0.5) is 0 Å². The fraction of sp³-hybridized carbons (Fsp3) is 1.00. The Labute approximate surface area is 42.3 Å². The van der Waals surface area contributed by atoms with Gasteiger partial charge in [0, 0.05) is 6.04 Å². The summed E-state index contributed by atoms with van der Waals surface area (Å²) in [7, 11) is 0. The van der Waals surface area contributed by atoms with E-state index in [9.17, 15) is 0 Å². The molecule has 0 aromatic carbocycles. The predicted molar refractivity (Wildman–Crippen MR) is 24.5 cm³/mol. The average molecular weight is 103 g/mol. The first kappa shape index (κ1) is 5.03. The van der Waals surface area contributed by atoms with Gasteiger partial charge in [0.1, 0.15) is 0 Å². The van der Waals surface area contributed by atoms with Gasteiger partial charge in [0.25, 0.3) is 0 Å². The van der Waals surface area contributed by atoms with E-state index in [-0.39, 0.29) is 6.04 Å². The topological polar surface area (TPSA) is 44.5 Å². The Kier molecular flexibility index (Phi) is 1.62. The van der Waals surface area contributed by atoms with Crippen LogP contribution < -0.4 is 5.73 Å². The van der Waals surface area contributed by atoms with Gasteiger partial charge in [0.2, 0.25) is 0 Å². The quantitative estimate of drug-likeness (QED) is 0.427. The Balaban J connectivity index is 2.12. The van der Waals surface area contributed by atoms with Crippen LogP contribution in [0.15, 0.2) is 0 Å². The second-order valence-corrected chi connectivity index (χ2v) is 1.66. The van der Waals surface area contributed by atoms with Crippen molar-refractivity contribution in [2.45, 2.75) is 12.5 Å². The van der Waals surface area contributed by atoms with Crippen LogP contribution in [0.25, 0.3) is 0 Å². The molecule has 0 radical (unpaired) electrons. The van der Waals surface area contributed by atoms with Gasteiger partial charge >= 0.3 is 0 Å². The summed E-state index contributed by atoms with van der Waals surface area (Å²) < 4.78 is 0. The Morgan fingerprint density at radius 3 is 2.57 bits per heavy atom. The summed E-state index contributed by atoms with van der Waals surface area (Å²) in [4.78, 5) is 9.12. The van der Waals surface area contributed by atoms with E-state index in [0.717, 1.165) is 6.42 Å². The smallest absolute Gasteiger partial charge is 0.0974 e. The van der Waals surface area contributed by atoms with Crippen molar-refractivity contribution in [3.8, 4) is 0 Å². The number of hydrogen-bond donors (Lipinski definition) is 1. The molecule has 0 spiro atoms. The lowest BCUT2D eigenvalue weighted by Gasteiger charge is -2.15. The van der Waals surface area contributed by atoms with Crippen LogP contribution in [0.3, 0.4) is 0 Å². The highest BCUT2D eigenvalue weighted by molar-refractivity contribution is 4.59. The Morgan fingerprint density at radius 2 is 2.29 bits per heavy atom. The molecule has 0 unspecified atom stereocenters. The molecule has 1 fully saturated rings. The Bertz CT molecular complexity index is 51.7. The highest BCUT2D eigenvalue weighted by atomic mass is 17.2. The largest absolute Gasteiger partial charge is 0.326 e. The zero-order chi connectivity index (χ0) is 5.11. The van der Waals surface area contributed by atoms with Gasteiger partial charge in [-0.3, -0.25) is 0 Å². The third kappa shape index (κ3) is 1.43. The first-order valence-electron chi connectivity index (χ1n) is 2.39. The standard InChI is InChI=1S/C4H9NO2/c5-4-1-2-6-7-3-4/h4H,1-3,5H2/t4-/m0/s1. The van der Waals surface area contributed by atoms with E-state index in [4.69, 9.17) is 5.73 Å². The van der Waals surface area contributed by atoms with E-state index in [1.807, 2.05) is 0 Å². The predicted octanol–water partition coefficient (Wildman–Crippen LogP) is -0.334. The minimum Gasteiger partial charge on any atom is -0.326 e. The number of rotatable bonds is 0. The maximum atomic E-state index is 5.43. The lowest BCUT2D eigenvalue weighted by molar-refractivity contribution is -0.315. The summed E-state index contributed by atoms with van der Waals surface area (Å²) in [6.07, 6.45) is 0.917. The zero-order valence-electron chi connectivity index (χ0n) is 4.09. The van der Waals surface area contributed by atoms with Gasteiger partial charge in [-0.1, -0.05) is 0 Å². The van der Waals surface area contributed by atoms with E-state index >= 15 is 0 Å². The second kappa shape index (κ2) is 2.26. The van der Waals surface area contributed by atoms with Gasteiger partial charge in [0.05, 0.1) is 13.2 Å². The van der Waals surface area contributed by atoms with Crippen molar-refractivity contribution in [2.24, 2.45) is 5.73 Å². The monoisotopic (exact) mass is 103 g/mol. The van der Waals surface area contributed by atoms with Gasteiger partial charge in [-0.15, -0.1) is 0 Å². The first-order chi connectivity index (χ1) is 3.39. The van der Waals surface area contributed by atoms with Crippen molar-refractivity contribution in [3.05, 3.63) is 0 Å². The van der Waals surface area contributed by atoms with Gasteiger partial charge in [-0.2, -0.15) is 0 Å². The van der Waals surface area contributed by atoms with Crippen LogP contribution in [0.5, 0.6) is 0 Å². The number of hydrogen-bond acceptors (Lipinski definition) is 3. The first-order valence-corrected chi connectivity index (χ1v) is 2.39. The van der Waals surface area contributed by atoms with E-state index in [1.54, 1.807) is 0 Å². The highest BCUT2D eigenvalue weighted by Crippen LogP contribution is 1.97. The van der Waals surface area contributed by atoms with Crippen LogP contribution in [0.1, 0.15) is 6.42 Å². The van der Waals surface area contributed by atoms with Crippen LogP contribution in [-0.4, -0.2) is 19.3 Å². The maximum absolute atomic E-state index is 5.43. The molecule has 1 aliphatic heterocycles. The molecule has 42 valence electrons. The van der Waals surface area contributed by atoms with Crippen molar-refractivity contribution in [1.82, 2.24) is 0 Å². The molecule has 0 aromatic rings. The van der Waals surface area contributed by atoms with E-state index in [2.05, 4.69) is 9.78 Å². The summed E-state index contributed by atoms with van der Waals surface area (Å²) in [6, 6.07) is 0.189. The fourth-order valence-electron chi connectivity index (χ4n) is 0.477. The second-order valence-electron chi connectivity index (χ2n) is 1.66. The SMILES string of the molecule is N[C@H]1CCOOC1. The summed E-state index contributed by atoms with van der Waals surface area (Å²) in [6.45, 7) is 1.18. The third-order valence-electron chi connectivity index (χ3n) is 0.937. The number of nitrogens with two attached hydrogens (primary N) is 1. The van der Waals surface area contributed by atoms with E-state index < -0.39 is 0 Å². The normalized spacial score (nSPS) is 33.0. The molecular weight excluding hydrogens is 94.0 g/mol. The van der Waals surface area contributed by atoms with Gasteiger partial charge in [0.15, 0.2) is 0 Å². The molecule has 0 bridgehead atoms. The van der Waals surface area contributed by atoms with E-state index in [1.165, 1.54) is 0 Å². The Morgan fingerprint density at radius 1 is 1.43 bits per heavy atom. The van der Waals surface area contributed by atoms with Gasteiger partial charge in [-0.25, -0.2) is 9.78 Å². The molecule has 0 saturated carbocycles. The van der Waals surface area contributed by atoms with Crippen LogP contribution in [-0.2, 0) is 9.78 Å². The van der Waals surface area contributed by atoms with Crippen LogP contribution in [0, 0.1) is 0 Å². The van der Waals surface area contributed by atoms with E-state index in [0.29, 0.717) is 13.2 Å². The molecule has 3 nitrogen and oxygen atoms in total. The molecule has 0 amide bonds. The molecule has 1 saturated heterocycles. The highest BCUT2D eigenvalue weighted by Gasteiger charge is 2.07. The van der Waals surface area contributed by atoms with Crippen molar-refractivity contribution in [1.29, 1.82) is 0 Å². The summed E-state index contributed by atoms with van der Waals surface area (Å²) in [5.74, 6) is 0. The third-order valence-corrected chi connectivity index (χ3v) is 0.937. The molecule has 2 N–H and O–H groups in total. The van der Waals surface area contributed by atoms with Crippen LogP contribution >= 0.6 is 0 Å². The molecule has 1 atom stereocenters. The minimum absolute atomic E-state index is 0.189. The molecule has 3 heteroatoms. The molecule has 1 aliphatic rings. The Hall–Kier alpha value is -0.120. The lowest BCUT2D eigenvalue weighted by Crippen LogP contribution is -2.31. The summed E-state index contributed by atoms with van der Waals surface area (Å²) >= 11 is 0. The van der Waals surface area contributed by atoms with Crippen molar-refractivity contribution >= 4 is 0 Å². The molecule has 1 rings (SSSR count). The summed E-state index contributed by atoms with van der Waals surface area (Å²) in [5.41, 5.74) is 5.43. The molecule has 7 heavy (non-hydrogen) atoms. The van der Waals surface area contributed by atoms with Crippen molar-refractivity contribution < 1.29 is 9.78 Å². The molecule has 0 aliphatic carbocycles. The molecule has 1 heterocycles.